The lowest BCUT2D eigenvalue weighted by molar-refractivity contribution is -0.150. The number of amides is 6. The summed E-state index contributed by atoms with van der Waals surface area (Å²) in [7, 11) is 2.49. The molecule has 0 aromatic carbocycles. The summed E-state index contributed by atoms with van der Waals surface area (Å²) < 4.78 is 0. The van der Waals surface area contributed by atoms with Crippen molar-refractivity contribution in [3.05, 3.63) is 0 Å². The Labute approximate surface area is 166 Å². The van der Waals surface area contributed by atoms with Crippen molar-refractivity contribution in [3.8, 4) is 0 Å². The maximum atomic E-state index is 11.5. The highest BCUT2D eigenvalue weighted by Gasteiger charge is 2.21. The van der Waals surface area contributed by atoms with Gasteiger partial charge in [-0.15, -0.1) is 0 Å². The van der Waals surface area contributed by atoms with Gasteiger partial charge in [-0.25, -0.2) is 34.2 Å². The Hall–Kier alpha value is -2.64. The van der Waals surface area contributed by atoms with Crippen molar-refractivity contribution in [2.75, 3.05) is 11.5 Å². The van der Waals surface area contributed by atoms with Crippen LogP contribution in [0.3, 0.4) is 0 Å². The van der Waals surface area contributed by atoms with Gasteiger partial charge in [0.25, 0.3) is 0 Å². The number of nitrogens with one attached hydrogen (secondary N) is 4. The average molecular weight is 440 g/mol. The van der Waals surface area contributed by atoms with Crippen LogP contribution in [0.5, 0.6) is 0 Å². The van der Waals surface area contributed by atoms with E-state index < -0.39 is 35.4 Å². The molecule has 12 N–H and O–H groups in total. The van der Waals surface area contributed by atoms with E-state index in [1.807, 2.05) is 10.9 Å². The number of hydrogen-bond donors (Lipinski definition) is 8. The summed E-state index contributed by atoms with van der Waals surface area (Å²) in [6.07, 6.45) is -0.0667. The second-order valence-electron chi connectivity index (χ2n) is 4.51. The Morgan fingerprint density at radius 3 is 1.29 bits per heavy atom. The van der Waals surface area contributed by atoms with Gasteiger partial charge in [-0.3, -0.25) is 39.6 Å². The Balaban J connectivity index is 3.91. The first-order valence-corrected chi connectivity index (χ1v) is 9.65. The van der Waals surface area contributed by atoms with Gasteiger partial charge in [-0.05, 0) is 0 Å². The van der Waals surface area contributed by atoms with Crippen LogP contribution in [0.2, 0.25) is 0 Å². The first-order chi connectivity index (χ1) is 13.1. The van der Waals surface area contributed by atoms with Crippen molar-refractivity contribution in [1.29, 1.82) is 0 Å². The van der Waals surface area contributed by atoms with Gasteiger partial charge in [0.1, 0.15) is 0 Å². The summed E-state index contributed by atoms with van der Waals surface area (Å²) >= 11 is 0. The lowest BCUT2D eigenvalue weighted by Gasteiger charge is -2.16. The third-order valence-electron chi connectivity index (χ3n) is 2.49. The molecule has 0 spiro atoms. The molecule has 18 heteroatoms. The topological polar surface area (TPSA) is 261 Å². The van der Waals surface area contributed by atoms with Crippen LogP contribution in [-0.4, -0.2) is 57.2 Å². The standard InChI is InChI=1S/C10H20N10O6S2/c11-15-7(23)9(25)19(13)17-5(21)1-3-27-28-4-2-6(22)18-20(14)10(26)8(24)16-12/h1-4,11-14H2,(H,15,23)(H,16,24)(H,17,21)(H,18,22). The van der Waals surface area contributed by atoms with E-state index >= 15 is 0 Å². The largest absolute Gasteiger partial charge is 0.346 e. The van der Waals surface area contributed by atoms with E-state index in [-0.39, 0.29) is 23.1 Å². The normalized spacial score (nSPS) is 9.71. The fraction of sp³-hybridized carbons (Fsp3) is 0.400. The lowest BCUT2D eigenvalue weighted by atomic mass is 10.5. The van der Waals surface area contributed by atoms with Crippen molar-refractivity contribution >= 4 is 57.0 Å². The third-order valence-corrected chi connectivity index (χ3v) is 4.90. The highest BCUT2D eigenvalue weighted by Crippen LogP contribution is 2.22. The van der Waals surface area contributed by atoms with Crippen molar-refractivity contribution in [2.45, 2.75) is 12.8 Å². The van der Waals surface area contributed by atoms with Crippen molar-refractivity contribution in [2.24, 2.45) is 23.4 Å². The quantitative estimate of drug-likeness (QED) is 0.0460. The zero-order chi connectivity index (χ0) is 21.7. The molecule has 0 aliphatic rings. The number of carbonyl (C=O) groups is 6. The highest BCUT2D eigenvalue weighted by molar-refractivity contribution is 8.76. The third kappa shape index (κ3) is 9.89. The van der Waals surface area contributed by atoms with Crippen LogP contribution in [0.25, 0.3) is 0 Å². The lowest BCUT2D eigenvalue weighted by Crippen LogP contribution is -2.56. The Kier molecular flexibility index (Phi) is 12.2. The van der Waals surface area contributed by atoms with Crippen LogP contribution < -0.4 is 45.1 Å². The smallest absolute Gasteiger partial charge is 0.286 e. The predicted octanol–water partition coefficient (Wildman–Crippen LogP) is -5.41. The van der Waals surface area contributed by atoms with Gasteiger partial charge in [0.05, 0.1) is 0 Å². The van der Waals surface area contributed by atoms with Crippen LogP contribution in [0.4, 0.5) is 0 Å². The van der Waals surface area contributed by atoms with Gasteiger partial charge in [-0.1, -0.05) is 21.6 Å². The van der Waals surface area contributed by atoms with Crippen molar-refractivity contribution < 1.29 is 28.8 Å². The summed E-state index contributed by atoms with van der Waals surface area (Å²) in [4.78, 5) is 67.4. The minimum absolute atomic E-state index is 0.0334. The Morgan fingerprint density at radius 1 is 0.679 bits per heavy atom. The maximum absolute atomic E-state index is 11.5. The van der Waals surface area contributed by atoms with Gasteiger partial charge >= 0.3 is 23.6 Å². The molecule has 28 heavy (non-hydrogen) atoms. The molecule has 0 aliphatic carbocycles. The molecular weight excluding hydrogens is 420 g/mol. The van der Waals surface area contributed by atoms with Crippen LogP contribution in [-0.2, 0) is 28.8 Å². The molecule has 0 saturated heterocycles. The van der Waals surface area contributed by atoms with E-state index in [9.17, 15) is 28.8 Å². The van der Waals surface area contributed by atoms with Crippen molar-refractivity contribution in [1.82, 2.24) is 31.9 Å². The van der Waals surface area contributed by atoms with Gasteiger partial charge in [0, 0.05) is 24.3 Å². The van der Waals surface area contributed by atoms with E-state index in [1.54, 1.807) is 10.9 Å². The minimum atomic E-state index is -1.25. The number of nitrogens with zero attached hydrogens (tertiary/aromatic N) is 2. The van der Waals surface area contributed by atoms with Gasteiger partial charge in [-0.2, -0.15) is 10.2 Å². The fourth-order valence-electron chi connectivity index (χ4n) is 1.21. The summed E-state index contributed by atoms with van der Waals surface area (Å²) in [5.74, 6) is 14.3. The van der Waals surface area contributed by atoms with Gasteiger partial charge < -0.3 is 0 Å². The minimum Gasteiger partial charge on any atom is -0.286 e. The molecule has 0 aromatic rings. The molecule has 0 bridgehead atoms. The Bertz CT molecular complexity index is 568. The van der Waals surface area contributed by atoms with E-state index in [0.29, 0.717) is 11.5 Å². The summed E-state index contributed by atoms with van der Waals surface area (Å²) in [6.45, 7) is 0. The number of rotatable bonds is 7. The fourth-order valence-corrected chi connectivity index (χ4v) is 3.19. The van der Waals surface area contributed by atoms with Crippen LogP contribution in [0.15, 0.2) is 0 Å². The molecule has 16 nitrogen and oxygen atoms in total. The maximum Gasteiger partial charge on any atom is 0.346 e. The first kappa shape index (κ1) is 25.4. The number of carbonyl (C=O) groups excluding carboxylic acids is 6. The van der Waals surface area contributed by atoms with Crippen LogP contribution in [0.1, 0.15) is 12.8 Å². The van der Waals surface area contributed by atoms with Crippen LogP contribution >= 0.6 is 21.6 Å². The van der Waals surface area contributed by atoms with E-state index in [1.165, 1.54) is 21.6 Å². The molecule has 6 amide bonds. The summed E-state index contributed by atoms with van der Waals surface area (Å²) in [5, 5.41) is 0.412. The number of nitrogens with two attached hydrogens (primary N) is 4. The van der Waals surface area contributed by atoms with Gasteiger partial charge in [0.2, 0.25) is 11.8 Å². The average Bonchev–Trinajstić information content (AvgIpc) is 2.67. The SMILES string of the molecule is NNC(=O)C(=O)N(N)NC(=O)CCSSCCC(=O)NN(N)C(=O)C(=O)NN. The second-order valence-corrected chi connectivity index (χ2v) is 7.21. The van der Waals surface area contributed by atoms with Crippen LogP contribution in [0, 0.1) is 0 Å². The highest BCUT2D eigenvalue weighted by atomic mass is 33.1. The molecule has 0 fully saturated rings. The molecule has 0 aromatic heterocycles. The molecule has 0 radical (unpaired) electrons. The zero-order valence-electron chi connectivity index (χ0n) is 14.3. The number of hydrogen-bond acceptors (Lipinski definition) is 12. The molecule has 0 unspecified atom stereocenters. The summed E-state index contributed by atoms with van der Waals surface area (Å²) in [6, 6.07) is 0. The van der Waals surface area contributed by atoms with Gasteiger partial charge in [0.15, 0.2) is 0 Å². The molecule has 158 valence electrons. The molecule has 0 aliphatic heterocycles. The van der Waals surface area contributed by atoms with E-state index in [0.717, 1.165) is 0 Å². The monoisotopic (exact) mass is 440 g/mol. The van der Waals surface area contributed by atoms with Crippen molar-refractivity contribution in [3.63, 3.8) is 0 Å². The molecule has 0 saturated carbocycles. The molecule has 0 atom stereocenters. The van der Waals surface area contributed by atoms with E-state index in [4.69, 9.17) is 23.4 Å². The summed E-state index contributed by atoms with van der Waals surface area (Å²) in [5.41, 5.74) is 7.08. The predicted molar refractivity (Wildman–Crippen MR) is 97.2 cm³/mol. The molecule has 0 rings (SSSR count). The molecular formula is C10H20N10O6S2. The Morgan fingerprint density at radius 2 is 1.00 bits per heavy atom. The number of hydrazine groups is 6. The first-order valence-electron chi connectivity index (χ1n) is 7.16. The second kappa shape index (κ2) is 13.5. The van der Waals surface area contributed by atoms with E-state index in [2.05, 4.69) is 0 Å². The molecule has 0 heterocycles. The zero-order valence-corrected chi connectivity index (χ0v) is 15.9.